The number of hydrogen-bond acceptors (Lipinski definition) is 3. The second-order valence-corrected chi connectivity index (χ2v) is 4.34. The molecule has 1 aromatic rings. The summed E-state index contributed by atoms with van der Waals surface area (Å²) in [4.78, 5) is 0. The van der Waals surface area contributed by atoms with Gasteiger partial charge in [0, 0.05) is 5.69 Å². The summed E-state index contributed by atoms with van der Waals surface area (Å²) in [7, 11) is 1.61. The molecule has 1 aliphatic heterocycles. The summed E-state index contributed by atoms with van der Waals surface area (Å²) in [5.41, 5.74) is 0.981. The van der Waals surface area contributed by atoms with Gasteiger partial charge in [0.15, 0.2) is 0 Å². The molecule has 2 rings (SSSR count). The van der Waals surface area contributed by atoms with Gasteiger partial charge in [-0.25, -0.2) is 0 Å². The Bertz CT molecular complexity index is 406. The van der Waals surface area contributed by atoms with E-state index in [-0.39, 0.29) is 6.10 Å². The Labute approximate surface area is 106 Å². The van der Waals surface area contributed by atoms with Crippen molar-refractivity contribution in [2.24, 2.45) is 0 Å². The summed E-state index contributed by atoms with van der Waals surface area (Å²) >= 11 is 6.04. The molecule has 0 saturated carbocycles. The van der Waals surface area contributed by atoms with Crippen LogP contribution in [0.25, 0.3) is 0 Å². The number of allylic oxidation sites excluding steroid dienone is 1. The Morgan fingerprint density at radius 1 is 1.53 bits per heavy atom. The third kappa shape index (κ3) is 3.30. The lowest BCUT2D eigenvalue weighted by atomic mass is 10.1. The molecule has 1 N–H and O–H groups in total. The molecular weight excluding hydrogens is 238 g/mol. The zero-order valence-electron chi connectivity index (χ0n) is 9.78. The number of nitrogens with one attached hydrogen (secondary N) is 1. The molecule has 1 atom stereocenters. The van der Waals surface area contributed by atoms with E-state index in [1.54, 1.807) is 13.4 Å². The Morgan fingerprint density at radius 3 is 3.06 bits per heavy atom. The minimum Gasteiger partial charge on any atom is -0.497 e. The van der Waals surface area contributed by atoms with Crippen molar-refractivity contribution in [3.63, 3.8) is 0 Å². The van der Waals surface area contributed by atoms with E-state index < -0.39 is 0 Å². The van der Waals surface area contributed by atoms with Gasteiger partial charge in [-0.15, -0.1) is 0 Å². The first-order chi connectivity index (χ1) is 8.29. The summed E-state index contributed by atoms with van der Waals surface area (Å²) in [6.07, 6.45) is 6.18. The first-order valence-electron chi connectivity index (χ1n) is 5.67. The Morgan fingerprint density at radius 2 is 2.41 bits per heavy atom. The lowest BCUT2D eigenvalue weighted by Gasteiger charge is -2.20. The highest BCUT2D eigenvalue weighted by molar-refractivity contribution is 6.32. The van der Waals surface area contributed by atoms with Gasteiger partial charge in [-0.3, -0.25) is 0 Å². The van der Waals surface area contributed by atoms with E-state index in [1.807, 2.05) is 24.3 Å². The zero-order chi connectivity index (χ0) is 12.1. The van der Waals surface area contributed by atoms with Crippen LogP contribution in [-0.2, 0) is 4.74 Å². The molecule has 0 saturated heterocycles. The van der Waals surface area contributed by atoms with Crippen molar-refractivity contribution in [3.05, 3.63) is 35.6 Å². The lowest BCUT2D eigenvalue weighted by Crippen LogP contribution is -2.22. The van der Waals surface area contributed by atoms with Gasteiger partial charge in [0.2, 0.25) is 0 Å². The van der Waals surface area contributed by atoms with Gasteiger partial charge in [0.25, 0.3) is 0 Å². The first-order valence-corrected chi connectivity index (χ1v) is 6.05. The molecule has 0 fully saturated rings. The van der Waals surface area contributed by atoms with Crippen LogP contribution in [0.1, 0.15) is 12.8 Å². The Balaban J connectivity index is 1.90. The summed E-state index contributed by atoms with van der Waals surface area (Å²) in [6.45, 7) is 0.785. The highest BCUT2D eigenvalue weighted by atomic mass is 35.5. The van der Waals surface area contributed by atoms with Crippen LogP contribution in [0.4, 0.5) is 5.69 Å². The van der Waals surface area contributed by atoms with Crippen molar-refractivity contribution in [3.8, 4) is 5.75 Å². The molecule has 4 heteroatoms. The third-order valence-electron chi connectivity index (χ3n) is 2.71. The minimum absolute atomic E-state index is 0.237. The monoisotopic (exact) mass is 253 g/mol. The maximum atomic E-state index is 6.04. The molecule has 1 aliphatic rings. The van der Waals surface area contributed by atoms with Crippen LogP contribution in [0, 0.1) is 0 Å². The predicted octanol–water partition coefficient (Wildman–Crippen LogP) is 3.45. The molecule has 17 heavy (non-hydrogen) atoms. The molecule has 0 spiro atoms. The number of ether oxygens (including phenoxy) is 2. The van der Waals surface area contributed by atoms with E-state index in [9.17, 15) is 0 Å². The highest BCUT2D eigenvalue weighted by Crippen LogP contribution is 2.27. The molecule has 3 nitrogen and oxygen atoms in total. The van der Waals surface area contributed by atoms with E-state index in [2.05, 4.69) is 5.32 Å². The molecule has 0 amide bonds. The van der Waals surface area contributed by atoms with E-state index in [0.717, 1.165) is 25.1 Å². The standard InChI is InChI=1S/C13H16ClNO2/c1-16-13-6-5-10(8-12(13)14)15-9-11-4-2-3-7-17-11/h3,5-8,11,15H,2,4,9H2,1H3/t11-/m1/s1. The van der Waals surface area contributed by atoms with Gasteiger partial charge in [-0.2, -0.15) is 0 Å². The van der Waals surface area contributed by atoms with Gasteiger partial charge in [-0.1, -0.05) is 11.6 Å². The lowest BCUT2D eigenvalue weighted by molar-refractivity contribution is 0.135. The van der Waals surface area contributed by atoms with Gasteiger partial charge in [0.05, 0.1) is 24.9 Å². The molecule has 0 unspecified atom stereocenters. The number of halogens is 1. The average Bonchev–Trinajstić information content (AvgIpc) is 2.38. The summed E-state index contributed by atoms with van der Waals surface area (Å²) in [5.74, 6) is 0.689. The van der Waals surface area contributed by atoms with Crippen molar-refractivity contribution in [2.45, 2.75) is 18.9 Å². The van der Waals surface area contributed by atoms with Crippen LogP contribution < -0.4 is 10.1 Å². The Hall–Kier alpha value is -1.35. The number of benzene rings is 1. The van der Waals surface area contributed by atoms with Crippen LogP contribution in [-0.4, -0.2) is 19.8 Å². The van der Waals surface area contributed by atoms with Gasteiger partial charge in [0.1, 0.15) is 11.9 Å². The molecule has 1 heterocycles. The molecule has 0 aliphatic carbocycles. The predicted molar refractivity (Wildman–Crippen MR) is 69.7 cm³/mol. The largest absolute Gasteiger partial charge is 0.497 e. The first kappa shape index (κ1) is 12.1. The van der Waals surface area contributed by atoms with Crippen molar-refractivity contribution in [1.82, 2.24) is 0 Å². The fraction of sp³-hybridized carbons (Fsp3) is 0.385. The topological polar surface area (TPSA) is 30.5 Å². The van der Waals surface area contributed by atoms with Crippen LogP contribution in [0.5, 0.6) is 5.75 Å². The highest BCUT2D eigenvalue weighted by Gasteiger charge is 2.10. The fourth-order valence-electron chi connectivity index (χ4n) is 1.74. The number of rotatable bonds is 4. The normalized spacial score (nSPS) is 18.6. The van der Waals surface area contributed by atoms with Crippen LogP contribution in [0.15, 0.2) is 30.5 Å². The molecule has 92 valence electrons. The second kappa shape index (κ2) is 5.82. The van der Waals surface area contributed by atoms with Crippen molar-refractivity contribution in [1.29, 1.82) is 0 Å². The van der Waals surface area contributed by atoms with E-state index >= 15 is 0 Å². The quantitative estimate of drug-likeness (QED) is 0.892. The molecule has 1 aromatic carbocycles. The fourth-order valence-corrected chi connectivity index (χ4v) is 2.00. The Kier molecular flexibility index (Phi) is 4.15. The average molecular weight is 254 g/mol. The summed E-state index contributed by atoms with van der Waals surface area (Å²) in [6, 6.07) is 5.66. The maximum absolute atomic E-state index is 6.04. The zero-order valence-corrected chi connectivity index (χ0v) is 10.5. The SMILES string of the molecule is COc1ccc(NC[C@H]2CCC=CO2)cc1Cl. The molecular formula is C13H16ClNO2. The smallest absolute Gasteiger partial charge is 0.137 e. The second-order valence-electron chi connectivity index (χ2n) is 3.94. The number of methoxy groups -OCH3 is 1. The maximum Gasteiger partial charge on any atom is 0.137 e. The number of anilines is 1. The van der Waals surface area contributed by atoms with Crippen molar-refractivity contribution >= 4 is 17.3 Å². The van der Waals surface area contributed by atoms with E-state index in [1.165, 1.54) is 0 Å². The van der Waals surface area contributed by atoms with Crippen LogP contribution >= 0.6 is 11.6 Å². The van der Waals surface area contributed by atoms with Crippen LogP contribution in [0.2, 0.25) is 5.02 Å². The van der Waals surface area contributed by atoms with Gasteiger partial charge >= 0.3 is 0 Å². The van der Waals surface area contributed by atoms with Gasteiger partial charge < -0.3 is 14.8 Å². The molecule has 0 bridgehead atoms. The number of hydrogen-bond donors (Lipinski definition) is 1. The molecule has 0 aromatic heterocycles. The van der Waals surface area contributed by atoms with Gasteiger partial charge in [-0.05, 0) is 37.1 Å². The minimum atomic E-state index is 0.237. The molecule has 0 radical (unpaired) electrons. The van der Waals surface area contributed by atoms with Crippen molar-refractivity contribution in [2.75, 3.05) is 19.0 Å². The third-order valence-corrected chi connectivity index (χ3v) is 3.00. The van der Waals surface area contributed by atoms with E-state index in [0.29, 0.717) is 10.8 Å². The van der Waals surface area contributed by atoms with E-state index in [4.69, 9.17) is 21.1 Å². The summed E-state index contributed by atoms with van der Waals surface area (Å²) < 4.78 is 10.6. The van der Waals surface area contributed by atoms with Crippen LogP contribution in [0.3, 0.4) is 0 Å². The summed E-state index contributed by atoms with van der Waals surface area (Å²) in [5, 5.41) is 3.92. The van der Waals surface area contributed by atoms with Crippen molar-refractivity contribution < 1.29 is 9.47 Å².